The van der Waals surface area contributed by atoms with Crippen molar-refractivity contribution in [1.82, 2.24) is 5.32 Å². The molecule has 0 aromatic rings. The van der Waals surface area contributed by atoms with Crippen molar-refractivity contribution in [2.24, 2.45) is 11.5 Å². The molecule has 5 N–H and O–H groups in total. The Labute approximate surface area is 89.3 Å². The van der Waals surface area contributed by atoms with Crippen molar-refractivity contribution in [3.63, 3.8) is 0 Å². The van der Waals surface area contributed by atoms with Crippen molar-refractivity contribution in [3.8, 4) is 0 Å². The van der Waals surface area contributed by atoms with E-state index in [4.69, 9.17) is 16.2 Å². The van der Waals surface area contributed by atoms with E-state index >= 15 is 0 Å². The maximum absolute atomic E-state index is 11.1. The predicted molar refractivity (Wildman–Crippen MR) is 56.0 cm³/mol. The van der Waals surface area contributed by atoms with Crippen molar-refractivity contribution in [3.05, 3.63) is 0 Å². The Hall–Kier alpha value is -1.30. The minimum Gasteiger partial charge on any atom is -0.444 e. The molecule has 0 aliphatic heterocycles. The van der Waals surface area contributed by atoms with Crippen molar-refractivity contribution >= 4 is 12.0 Å². The van der Waals surface area contributed by atoms with Crippen LogP contribution in [0.15, 0.2) is 0 Å². The molecule has 0 aromatic heterocycles. The van der Waals surface area contributed by atoms with Gasteiger partial charge in [-0.05, 0) is 27.2 Å². The van der Waals surface area contributed by atoms with Gasteiger partial charge in [-0.3, -0.25) is 4.79 Å². The number of hydrogen-bond acceptors (Lipinski definition) is 4. The number of primary amides is 1. The molecule has 0 unspecified atom stereocenters. The Bertz CT molecular complexity index is 235. The van der Waals surface area contributed by atoms with Gasteiger partial charge in [0.05, 0.1) is 6.04 Å². The van der Waals surface area contributed by atoms with Crippen LogP contribution in [0.4, 0.5) is 4.79 Å². The summed E-state index contributed by atoms with van der Waals surface area (Å²) in [4.78, 5) is 21.7. The number of ether oxygens (including phenoxy) is 1. The lowest BCUT2D eigenvalue weighted by Gasteiger charge is -2.19. The summed E-state index contributed by atoms with van der Waals surface area (Å²) >= 11 is 0. The molecule has 0 aliphatic rings. The van der Waals surface area contributed by atoms with Crippen LogP contribution in [0.3, 0.4) is 0 Å². The minimum atomic E-state index is -0.736. The van der Waals surface area contributed by atoms with Gasteiger partial charge in [0.15, 0.2) is 0 Å². The van der Waals surface area contributed by atoms with E-state index in [2.05, 4.69) is 5.32 Å². The van der Waals surface area contributed by atoms with E-state index < -0.39 is 23.6 Å². The van der Waals surface area contributed by atoms with Crippen molar-refractivity contribution in [2.45, 2.75) is 38.8 Å². The molecule has 0 aromatic carbocycles. The number of nitrogens with one attached hydrogen (secondary N) is 1. The maximum Gasteiger partial charge on any atom is 0.407 e. The Morgan fingerprint density at radius 3 is 2.33 bits per heavy atom. The highest BCUT2D eigenvalue weighted by Crippen LogP contribution is 2.06. The number of hydrogen-bond donors (Lipinski definition) is 3. The molecule has 1 atom stereocenters. The molecule has 0 spiro atoms. The molecule has 15 heavy (non-hydrogen) atoms. The summed E-state index contributed by atoms with van der Waals surface area (Å²) in [6.07, 6.45) is -0.228. The molecular weight excluding hydrogens is 198 g/mol. The summed E-state index contributed by atoms with van der Waals surface area (Å²) < 4.78 is 4.97. The lowest BCUT2D eigenvalue weighted by atomic mass is 10.2. The van der Waals surface area contributed by atoms with Gasteiger partial charge in [-0.25, -0.2) is 4.79 Å². The zero-order valence-electron chi connectivity index (χ0n) is 9.37. The summed E-state index contributed by atoms with van der Waals surface area (Å²) in [6, 6.07) is -0.736. The van der Waals surface area contributed by atoms with Crippen LogP contribution >= 0.6 is 0 Å². The van der Waals surface area contributed by atoms with Crippen LogP contribution in [-0.4, -0.2) is 30.2 Å². The molecule has 0 heterocycles. The highest BCUT2D eigenvalue weighted by atomic mass is 16.6. The third-order valence-corrected chi connectivity index (χ3v) is 1.49. The quantitative estimate of drug-likeness (QED) is 0.601. The lowest BCUT2D eigenvalue weighted by molar-refractivity contribution is -0.119. The van der Waals surface area contributed by atoms with Gasteiger partial charge in [0.2, 0.25) is 5.91 Å². The number of amides is 2. The zero-order valence-corrected chi connectivity index (χ0v) is 9.37. The fourth-order valence-corrected chi connectivity index (χ4v) is 0.786. The van der Waals surface area contributed by atoms with E-state index in [1.807, 2.05) is 0 Å². The van der Waals surface area contributed by atoms with Crippen LogP contribution in [0.2, 0.25) is 0 Å². The average Bonchev–Trinajstić information content (AvgIpc) is 2.00. The molecule has 0 radical (unpaired) electrons. The van der Waals surface area contributed by atoms with Crippen LogP contribution < -0.4 is 16.8 Å². The topological polar surface area (TPSA) is 107 Å². The number of nitrogens with two attached hydrogens (primary N) is 2. The SMILES string of the molecule is CC(C)(C)OC(=O)NCC[C@H](N)C(N)=O. The first-order chi connectivity index (χ1) is 6.72. The van der Waals surface area contributed by atoms with Gasteiger partial charge >= 0.3 is 6.09 Å². The average molecular weight is 217 g/mol. The van der Waals surface area contributed by atoms with E-state index in [0.717, 1.165) is 0 Å². The van der Waals surface area contributed by atoms with E-state index in [1.54, 1.807) is 20.8 Å². The van der Waals surface area contributed by atoms with Crippen molar-refractivity contribution in [1.29, 1.82) is 0 Å². The Morgan fingerprint density at radius 1 is 1.40 bits per heavy atom. The van der Waals surface area contributed by atoms with Gasteiger partial charge in [0.25, 0.3) is 0 Å². The molecule has 88 valence electrons. The predicted octanol–water partition coefficient (Wildman–Crippen LogP) is -0.286. The lowest BCUT2D eigenvalue weighted by Crippen LogP contribution is -2.40. The second kappa shape index (κ2) is 5.55. The summed E-state index contributed by atoms with van der Waals surface area (Å²) in [5.74, 6) is -0.582. The van der Waals surface area contributed by atoms with Gasteiger partial charge in [-0.15, -0.1) is 0 Å². The summed E-state index contributed by atoms with van der Waals surface area (Å²) in [5, 5.41) is 2.48. The van der Waals surface area contributed by atoms with Gasteiger partial charge < -0.3 is 21.5 Å². The number of alkyl carbamates (subject to hydrolysis) is 1. The molecular formula is C9H19N3O3. The van der Waals surface area contributed by atoms with E-state index in [9.17, 15) is 9.59 Å². The molecule has 0 bridgehead atoms. The highest BCUT2D eigenvalue weighted by molar-refractivity contribution is 5.79. The second-order valence-corrected chi connectivity index (χ2v) is 4.23. The molecule has 0 aliphatic carbocycles. The van der Waals surface area contributed by atoms with E-state index in [-0.39, 0.29) is 6.54 Å². The fourth-order valence-electron chi connectivity index (χ4n) is 0.786. The summed E-state index contributed by atoms with van der Waals surface area (Å²) in [6.45, 7) is 5.56. The standard InChI is InChI=1S/C9H19N3O3/c1-9(2,3)15-8(14)12-5-4-6(10)7(11)13/h6H,4-5,10H2,1-3H3,(H2,11,13)(H,12,14)/t6-/m0/s1. The molecule has 6 nitrogen and oxygen atoms in total. The van der Waals surface area contributed by atoms with Crippen LogP contribution in [0.25, 0.3) is 0 Å². The molecule has 2 amide bonds. The van der Waals surface area contributed by atoms with Crippen LogP contribution in [0.1, 0.15) is 27.2 Å². The monoisotopic (exact) mass is 217 g/mol. The first-order valence-electron chi connectivity index (χ1n) is 4.74. The molecule has 0 saturated heterocycles. The zero-order chi connectivity index (χ0) is 12.1. The van der Waals surface area contributed by atoms with Gasteiger partial charge in [0, 0.05) is 6.54 Å². The highest BCUT2D eigenvalue weighted by Gasteiger charge is 2.16. The van der Waals surface area contributed by atoms with Gasteiger partial charge in [-0.1, -0.05) is 0 Å². The van der Waals surface area contributed by atoms with E-state index in [1.165, 1.54) is 0 Å². The molecule has 0 rings (SSSR count). The summed E-state index contributed by atoms with van der Waals surface area (Å²) in [5.41, 5.74) is 9.78. The Morgan fingerprint density at radius 2 is 1.93 bits per heavy atom. The molecule has 6 heteroatoms. The van der Waals surface area contributed by atoms with Crippen molar-refractivity contribution in [2.75, 3.05) is 6.54 Å². The van der Waals surface area contributed by atoms with Crippen LogP contribution in [-0.2, 0) is 9.53 Å². The molecule has 0 saturated carbocycles. The van der Waals surface area contributed by atoms with Gasteiger partial charge in [0.1, 0.15) is 5.60 Å². The maximum atomic E-state index is 11.1. The minimum absolute atomic E-state index is 0.263. The smallest absolute Gasteiger partial charge is 0.407 e. The number of carbonyl (C=O) groups excluding carboxylic acids is 2. The first kappa shape index (κ1) is 13.7. The summed E-state index contributed by atoms with van der Waals surface area (Å²) in [7, 11) is 0. The first-order valence-corrected chi connectivity index (χ1v) is 4.74. The number of carbonyl (C=O) groups is 2. The van der Waals surface area contributed by atoms with Gasteiger partial charge in [-0.2, -0.15) is 0 Å². The van der Waals surface area contributed by atoms with Crippen LogP contribution in [0, 0.1) is 0 Å². The van der Waals surface area contributed by atoms with Crippen molar-refractivity contribution < 1.29 is 14.3 Å². The van der Waals surface area contributed by atoms with E-state index in [0.29, 0.717) is 6.42 Å². The number of rotatable bonds is 4. The molecule has 0 fully saturated rings. The Balaban J connectivity index is 3.69. The third-order valence-electron chi connectivity index (χ3n) is 1.49. The largest absolute Gasteiger partial charge is 0.444 e. The normalized spacial score (nSPS) is 13.1. The third kappa shape index (κ3) is 7.75. The fraction of sp³-hybridized carbons (Fsp3) is 0.778. The Kier molecular flexibility index (Phi) is 5.07. The van der Waals surface area contributed by atoms with Crippen LogP contribution in [0.5, 0.6) is 0 Å². The second-order valence-electron chi connectivity index (χ2n) is 4.23.